The third-order valence-corrected chi connectivity index (χ3v) is 3.89. The zero-order chi connectivity index (χ0) is 14.1. The molecule has 0 radical (unpaired) electrons. The maximum absolute atomic E-state index is 11.9. The zero-order valence-corrected chi connectivity index (χ0v) is 11.7. The molecule has 6 heteroatoms. The summed E-state index contributed by atoms with van der Waals surface area (Å²) in [6.07, 6.45) is 1.17. The third-order valence-electron chi connectivity index (χ3n) is 3.00. The summed E-state index contributed by atoms with van der Waals surface area (Å²) in [7, 11) is 3.15. The molecule has 3 rings (SSSR count). The lowest BCUT2D eigenvalue weighted by atomic mass is 10.1. The van der Waals surface area contributed by atoms with Gasteiger partial charge in [-0.25, -0.2) is 9.78 Å². The van der Waals surface area contributed by atoms with Crippen molar-refractivity contribution in [3.05, 3.63) is 40.4 Å². The van der Waals surface area contributed by atoms with Gasteiger partial charge in [0.25, 0.3) is 0 Å². The van der Waals surface area contributed by atoms with Crippen LogP contribution in [0.5, 0.6) is 11.5 Å². The Kier molecular flexibility index (Phi) is 3.15. The molecule has 0 saturated carbocycles. The summed E-state index contributed by atoms with van der Waals surface area (Å²) in [6, 6.07) is 5.50. The second-order valence-corrected chi connectivity index (χ2v) is 4.90. The highest BCUT2D eigenvalue weighted by Crippen LogP contribution is 2.36. The minimum atomic E-state index is -0.388. The Morgan fingerprint density at radius 2 is 2.00 bits per heavy atom. The first kappa shape index (κ1) is 12.7. The molecule has 102 valence electrons. The van der Waals surface area contributed by atoms with Crippen LogP contribution in [0.4, 0.5) is 0 Å². The number of methoxy groups -OCH3 is 2. The van der Waals surface area contributed by atoms with Crippen LogP contribution in [-0.4, -0.2) is 19.2 Å². The number of hydrogen-bond donors (Lipinski definition) is 0. The van der Waals surface area contributed by atoms with Crippen molar-refractivity contribution >= 4 is 21.6 Å². The topological polar surface area (TPSA) is 61.6 Å². The van der Waals surface area contributed by atoms with Crippen LogP contribution >= 0.6 is 11.3 Å². The van der Waals surface area contributed by atoms with Gasteiger partial charge in [-0.15, -0.1) is 11.3 Å². The van der Waals surface area contributed by atoms with Crippen LogP contribution < -0.4 is 15.1 Å². The maximum atomic E-state index is 11.9. The van der Waals surface area contributed by atoms with E-state index in [9.17, 15) is 4.79 Å². The molecular weight excluding hydrogens is 278 g/mol. The van der Waals surface area contributed by atoms with Crippen LogP contribution in [0.3, 0.4) is 0 Å². The highest BCUT2D eigenvalue weighted by atomic mass is 32.1. The highest BCUT2D eigenvalue weighted by molar-refractivity contribution is 7.17. The molecule has 2 heterocycles. The first-order chi connectivity index (χ1) is 9.74. The average Bonchev–Trinajstić information content (AvgIpc) is 2.92. The maximum Gasteiger partial charge on any atom is 0.348 e. The van der Waals surface area contributed by atoms with Gasteiger partial charge in [-0.05, 0) is 17.7 Å². The Morgan fingerprint density at radius 1 is 1.20 bits per heavy atom. The summed E-state index contributed by atoms with van der Waals surface area (Å²) in [4.78, 5) is 16.6. The number of hydrogen-bond acceptors (Lipinski definition) is 6. The van der Waals surface area contributed by atoms with E-state index in [1.165, 1.54) is 17.7 Å². The quantitative estimate of drug-likeness (QED) is 0.742. The number of nitrogens with zero attached hydrogens (tertiary/aromatic N) is 1. The van der Waals surface area contributed by atoms with E-state index >= 15 is 0 Å². The number of aromatic nitrogens is 1. The minimum Gasteiger partial charge on any atom is -0.493 e. The number of ether oxygens (including phenoxy) is 2. The Labute approximate surface area is 118 Å². The van der Waals surface area contributed by atoms with Crippen LogP contribution in [0.1, 0.15) is 0 Å². The van der Waals surface area contributed by atoms with Gasteiger partial charge in [0.1, 0.15) is 10.2 Å². The smallest absolute Gasteiger partial charge is 0.348 e. The van der Waals surface area contributed by atoms with Crippen molar-refractivity contribution in [2.75, 3.05) is 14.2 Å². The fourth-order valence-corrected chi connectivity index (χ4v) is 2.94. The Balaban J connectivity index is 2.23. The molecule has 0 atom stereocenters. The molecule has 2 aromatic heterocycles. The van der Waals surface area contributed by atoms with Crippen LogP contribution in [0.25, 0.3) is 21.3 Å². The Bertz CT molecular complexity index is 821. The Morgan fingerprint density at radius 3 is 2.75 bits per heavy atom. The van der Waals surface area contributed by atoms with Crippen LogP contribution in [0, 0.1) is 0 Å². The number of fused-ring (bicyclic) bond motifs is 1. The Hall–Kier alpha value is -2.34. The van der Waals surface area contributed by atoms with Crippen molar-refractivity contribution in [1.29, 1.82) is 0 Å². The molecule has 0 aliphatic rings. The third kappa shape index (κ3) is 1.94. The van der Waals surface area contributed by atoms with Crippen molar-refractivity contribution in [1.82, 2.24) is 4.98 Å². The standard InChI is InChI=1S/C14H11NO4S/c1-17-10-4-3-8(5-11(10)18-2)9-6-20-13-12(9)14(16)19-7-15-13/h3-7H,1-2H3. The van der Waals surface area contributed by atoms with Crippen molar-refractivity contribution in [3.63, 3.8) is 0 Å². The van der Waals surface area contributed by atoms with Crippen LogP contribution in [-0.2, 0) is 0 Å². The van der Waals surface area contributed by atoms with Crippen LogP contribution in [0.15, 0.2) is 39.2 Å². The lowest BCUT2D eigenvalue weighted by Gasteiger charge is -2.08. The summed E-state index contributed by atoms with van der Waals surface area (Å²) in [5, 5.41) is 2.38. The summed E-state index contributed by atoms with van der Waals surface area (Å²) in [5.74, 6) is 1.25. The SMILES string of the molecule is COc1ccc(-c2csc3ncoc(=O)c23)cc1OC. The molecule has 3 aromatic rings. The van der Waals surface area contributed by atoms with E-state index < -0.39 is 0 Å². The second kappa shape index (κ2) is 4.97. The van der Waals surface area contributed by atoms with E-state index in [0.29, 0.717) is 21.7 Å². The van der Waals surface area contributed by atoms with Crippen molar-refractivity contribution < 1.29 is 13.9 Å². The monoisotopic (exact) mass is 289 g/mol. The van der Waals surface area contributed by atoms with Crippen LogP contribution in [0.2, 0.25) is 0 Å². The molecule has 0 unspecified atom stereocenters. The van der Waals surface area contributed by atoms with E-state index in [2.05, 4.69) is 4.98 Å². The first-order valence-electron chi connectivity index (χ1n) is 5.82. The predicted octanol–water partition coefficient (Wildman–Crippen LogP) is 2.93. The lowest BCUT2D eigenvalue weighted by molar-refractivity contribution is 0.355. The van der Waals surface area contributed by atoms with Gasteiger partial charge in [0.15, 0.2) is 17.9 Å². The molecule has 0 amide bonds. The fourth-order valence-electron chi connectivity index (χ4n) is 2.04. The van der Waals surface area contributed by atoms with Crippen molar-refractivity contribution in [3.8, 4) is 22.6 Å². The molecule has 0 aliphatic heterocycles. The molecule has 0 spiro atoms. The van der Waals surface area contributed by atoms with Gasteiger partial charge in [-0.3, -0.25) is 0 Å². The summed E-state index contributed by atoms with van der Waals surface area (Å²) < 4.78 is 15.3. The number of benzene rings is 1. The zero-order valence-electron chi connectivity index (χ0n) is 10.9. The van der Waals surface area contributed by atoms with Gasteiger partial charge >= 0.3 is 5.63 Å². The molecule has 20 heavy (non-hydrogen) atoms. The highest BCUT2D eigenvalue weighted by Gasteiger charge is 2.14. The largest absolute Gasteiger partial charge is 0.493 e. The van der Waals surface area contributed by atoms with Crippen molar-refractivity contribution in [2.24, 2.45) is 0 Å². The average molecular weight is 289 g/mol. The van der Waals surface area contributed by atoms with E-state index in [1.807, 2.05) is 17.5 Å². The molecule has 1 aromatic carbocycles. The summed E-state index contributed by atoms with van der Waals surface area (Å²) >= 11 is 1.40. The number of thiophene rings is 1. The van der Waals surface area contributed by atoms with Gasteiger partial charge in [-0.1, -0.05) is 6.07 Å². The van der Waals surface area contributed by atoms with E-state index in [4.69, 9.17) is 13.9 Å². The summed E-state index contributed by atoms with van der Waals surface area (Å²) in [5.41, 5.74) is 1.25. The van der Waals surface area contributed by atoms with E-state index in [-0.39, 0.29) is 5.63 Å². The van der Waals surface area contributed by atoms with Gasteiger partial charge < -0.3 is 13.9 Å². The molecule has 0 bridgehead atoms. The van der Waals surface area contributed by atoms with Gasteiger partial charge in [0.2, 0.25) is 0 Å². The molecule has 5 nitrogen and oxygen atoms in total. The normalized spacial score (nSPS) is 10.7. The van der Waals surface area contributed by atoms with Crippen molar-refractivity contribution in [2.45, 2.75) is 0 Å². The van der Waals surface area contributed by atoms with Gasteiger partial charge in [-0.2, -0.15) is 0 Å². The minimum absolute atomic E-state index is 0.388. The van der Waals surface area contributed by atoms with E-state index in [0.717, 1.165) is 11.1 Å². The molecule has 0 saturated heterocycles. The molecule has 0 N–H and O–H groups in total. The molecule has 0 aliphatic carbocycles. The first-order valence-corrected chi connectivity index (χ1v) is 6.70. The van der Waals surface area contributed by atoms with Gasteiger partial charge in [0, 0.05) is 10.9 Å². The van der Waals surface area contributed by atoms with Gasteiger partial charge in [0.05, 0.1) is 14.2 Å². The molecular formula is C14H11NO4S. The van der Waals surface area contributed by atoms with E-state index in [1.54, 1.807) is 20.3 Å². The lowest BCUT2D eigenvalue weighted by Crippen LogP contribution is -1.99. The fraction of sp³-hybridized carbons (Fsp3) is 0.143. The summed E-state index contributed by atoms with van der Waals surface area (Å²) in [6.45, 7) is 0. The molecule has 0 fully saturated rings. The number of rotatable bonds is 3. The second-order valence-electron chi connectivity index (χ2n) is 4.04. The predicted molar refractivity (Wildman–Crippen MR) is 76.7 cm³/mol.